The molecule has 4 heterocycles. The zero-order valence-electron chi connectivity index (χ0n) is 26.3. The normalized spacial score (nSPS) is 20.4. The lowest BCUT2D eigenvalue weighted by Gasteiger charge is -2.41. The highest BCUT2D eigenvalue weighted by atomic mass is 19.4. The van der Waals surface area contributed by atoms with Gasteiger partial charge in [-0.25, -0.2) is 19.4 Å². The molecule has 282 valence electrons. The minimum atomic E-state index is -5.08. The summed E-state index contributed by atoms with van der Waals surface area (Å²) in [5.41, 5.74) is 2.33. The first kappa shape index (κ1) is 40.6. The Labute approximate surface area is 279 Å². The van der Waals surface area contributed by atoms with E-state index >= 15 is 0 Å². The lowest BCUT2D eigenvalue weighted by atomic mass is 10.1. The summed E-state index contributed by atoms with van der Waals surface area (Å²) in [4.78, 5) is 39.7. The van der Waals surface area contributed by atoms with Crippen LogP contribution in [0.3, 0.4) is 0 Å². The molecule has 2 aliphatic heterocycles. The van der Waals surface area contributed by atoms with Crippen LogP contribution in [0.5, 0.6) is 0 Å². The topological polar surface area (TPSA) is 148 Å². The summed E-state index contributed by atoms with van der Waals surface area (Å²) in [5.74, 6) is -5.13. The van der Waals surface area contributed by atoms with Crippen LogP contribution in [0.1, 0.15) is 37.4 Å². The number of halogens is 9. The van der Waals surface area contributed by atoms with Crippen molar-refractivity contribution in [2.75, 3.05) is 63.9 Å². The van der Waals surface area contributed by atoms with Gasteiger partial charge in [0.05, 0.1) is 24.9 Å². The number of aromatic nitrogens is 2. The highest BCUT2D eigenvalue weighted by Crippen LogP contribution is 2.36. The van der Waals surface area contributed by atoms with E-state index in [1.54, 1.807) is 0 Å². The quantitative estimate of drug-likeness (QED) is 0.359. The second-order valence-corrected chi connectivity index (χ2v) is 11.9. The Morgan fingerprint density at radius 2 is 1.22 bits per heavy atom. The summed E-state index contributed by atoms with van der Waals surface area (Å²) in [7, 11) is 0. The van der Waals surface area contributed by atoms with Crippen LogP contribution in [-0.4, -0.2) is 130 Å². The van der Waals surface area contributed by atoms with Gasteiger partial charge < -0.3 is 25.0 Å². The van der Waals surface area contributed by atoms with Gasteiger partial charge in [0.15, 0.2) is 0 Å². The molecular weight excluding hydrogens is 701 g/mol. The number of imidazole rings is 1. The largest absolute Gasteiger partial charge is 0.490 e. The molecule has 1 atom stereocenters. The van der Waals surface area contributed by atoms with E-state index in [1.807, 2.05) is 0 Å². The van der Waals surface area contributed by atoms with Crippen LogP contribution in [0.4, 0.5) is 45.3 Å². The van der Waals surface area contributed by atoms with Gasteiger partial charge in [0.1, 0.15) is 11.5 Å². The Morgan fingerprint density at radius 3 is 1.68 bits per heavy atom. The lowest BCUT2D eigenvalue weighted by Crippen LogP contribution is -2.49. The highest BCUT2D eigenvalue weighted by Gasteiger charge is 2.40. The number of fused-ring (bicyclic) bond motifs is 1. The molecule has 12 nitrogen and oxygen atoms in total. The number of carbonyl (C=O) groups is 3. The molecule has 2 saturated heterocycles. The number of pyridine rings is 1. The van der Waals surface area contributed by atoms with Crippen LogP contribution in [0.2, 0.25) is 0 Å². The van der Waals surface area contributed by atoms with E-state index in [4.69, 9.17) is 39.4 Å². The summed E-state index contributed by atoms with van der Waals surface area (Å²) in [6.07, 6.45) is -7.22. The summed E-state index contributed by atoms with van der Waals surface area (Å²) in [6, 6.07) is 6.97. The van der Waals surface area contributed by atoms with Crippen molar-refractivity contribution < 1.29 is 74.0 Å². The molecule has 0 radical (unpaired) electrons. The number of aliphatic carboxylic acids is 3. The molecule has 2 aliphatic carbocycles. The highest BCUT2D eigenvalue weighted by molar-refractivity contribution is 5.73. The third-order valence-corrected chi connectivity index (χ3v) is 7.87. The van der Waals surface area contributed by atoms with E-state index in [9.17, 15) is 39.5 Å². The Bertz CT molecular complexity index is 1380. The molecule has 0 aromatic carbocycles. The number of morpholine rings is 1. The third-order valence-electron chi connectivity index (χ3n) is 7.87. The average Bonchev–Trinajstić information content (AvgIpc) is 3.96. The first-order valence-corrected chi connectivity index (χ1v) is 15.3. The van der Waals surface area contributed by atoms with Crippen molar-refractivity contribution in [3.8, 4) is 0 Å². The molecule has 0 bridgehead atoms. The van der Waals surface area contributed by atoms with E-state index in [1.165, 1.54) is 63.4 Å². The van der Waals surface area contributed by atoms with Crippen LogP contribution in [-0.2, 0) is 19.1 Å². The predicted octanol–water partition coefficient (Wildman–Crippen LogP) is 4.55. The third kappa shape index (κ3) is 13.1. The molecule has 21 heteroatoms. The Balaban J connectivity index is 0.000000265. The van der Waals surface area contributed by atoms with Gasteiger partial charge in [-0.3, -0.25) is 14.2 Å². The van der Waals surface area contributed by atoms with Gasteiger partial charge in [-0.15, -0.1) is 0 Å². The molecule has 4 fully saturated rings. The molecule has 2 aromatic heterocycles. The van der Waals surface area contributed by atoms with E-state index in [2.05, 4.69) is 43.5 Å². The SMILES string of the molecule is O=C(O)C(F)(F)F.O=C(O)C(F)(F)F.O=C(O)C(F)(F)F.c1cc(N2CCOCC2)n2cc(C3CN(CC4CC4)CCN3CC3CC3)nc2c1. The van der Waals surface area contributed by atoms with Crippen LogP contribution in [0.15, 0.2) is 24.4 Å². The second-order valence-electron chi connectivity index (χ2n) is 11.9. The minimum absolute atomic E-state index is 0.431. The summed E-state index contributed by atoms with van der Waals surface area (Å²) in [6.45, 7) is 9.65. The zero-order chi connectivity index (χ0) is 37.4. The molecule has 50 heavy (non-hydrogen) atoms. The standard InChI is InChI=1S/C23H33N5O.3C2HF3O2/c1-2-22-24-20(16-28(22)23(3-1)26-10-12-29-13-11-26)21-17-25(14-18-4-5-18)8-9-27(21)15-19-6-7-19;3*3-2(4,5)1(6)7/h1-3,16,18-19,21H,4-15,17H2;3*(H,6,7). The van der Waals surface area contributed by atoms with Crippen LogP contribution < -0.4 is 4.90 Å². The average molecular weight is 738 g/mol. The smallest absolute Gasteiger partial charge is 0.475 e. The van der Waals surface area contributed by atoms with Crippen molar-refractivity contribution in [2.24, 2.45) is 11.8 Å². The Hall–Kier alpha value is -3.85. The molecule has 2 saturated carbocycles. The molecule has 2 aromatic rings. The van der Waals surface area contributed by atoms with Gasteiger partial charge in [0.25, 0.3) is 0 Å². The number of rotatable bonds is 6. The summed E-state index contributed by atoms with van der Waals surface area (Å²) >= 11 is 0. The van der Waals surface area contributed by atoms with E-state index in [-0.39, 0.29) is 0 Å². The predicted molar refractivity (Wildman–Crippen MR) is 155 cm³/mol. The van der Waals surface area contributed by atoms with Crippen LogP contribution >= 0.6 is 0 Å². The van der Waals surface area contributed by atoms with Crippen molar-refractivity contribution in [2.45, 2.75) is 50.3 Å². The fourth-order valence-electron chi connectivity index (χ4n) is 5.07. The monoisotopic (exact) mass is 737 g/mol. The van der Waals surface area contributed by atoms with Gasteiger partial charge in [0, 0.05) is 52.0 Å². The van der Waals surface area contributed by atoms with Gasteiger partial charge in [-0.05, 0) is 49.7 Å². The fraction of sp³-hybridized carbons (Fsp3) is 0.655. The molecule has 1 unspecified atom stereocenters. The van der Waals surface area contributed by atoms with Crippen molar-refractivity contribution in [1.29, 1.82) is 0 Å². The zero-order valence-corrected chi connectivity index (χ0v) is 26.3. The van der Waals surface area contributed by atoms with E-state index < -0.39 is 36.4 Å². The van der Waals surface area contributed by atoms with Gasteiger partial charge in [-0.2, -0.15) is 39.5 Å². The van der Waals surface area contributed by atoms with Crippen molar-refractivity contribution in [3.05, 3.63) is 30.1 Å². The van der Waals surface area contributed by atoms with Crippen molar-refractivity contribution in [1.82, 2.24) is 19.2 Å². The summed E-state index contributed by atoms with van der Waals surface area (Å²) in [5, 5.41) is 21.4. The molecule has 0 spiro atoms. The van der Waals surface area contributed by atoms with E-state index in [0.29, 0.717) is 6.04 Å². The number of piperazine rings is 1. The number of alkyl halides is 9. The summed E-state index contributed by atoms with van der Waals surface area (Å²) < 4.78 is 103. The molecule has 4 aliphatic rings. The maximum atomic E-state index is 10.6. The maximum Gasteiger partial charge on any atom is 0.490 e. The number of anilines is 1. The van der Waals surface area contributed by atoms with Crippen molar-refractivity contribution >= 4 is 29.4 Å². The Kier molecular flexibility index (Phi) is 13.7. The number of carboxylic acid groups (broad SMARTS) is 3. The number of ether oxygens (including phenoxy) is 1. The first-order chi connectivity index (χ1) is 23.2. The fourth-order valence-corrected chi connectivity index (χ4v) is 5.07. The number of carboxylic acids is 3. The van der Waals surface area contributed by atoms with Crippen LogP contribution in [0, 0.1) is 11.8 Å². The minimum Gasteiger partial charge on any atom is -0.475 e. The Morgan fingerprint density at radius 1 is 0.740 bits per heavy atom. The number of hydrogen-bond acceptors (Lipinski definition) is 8. The maximum absolute atomic E-state index is 10.6. The van der Waals surface area contributed by atoms with E-state index in [0.717, 1.165) is 50.3 Å². The lowest BCUT2D eigenvalue weighted by molar-refractivity contribution is -0.193. The van der Waals surface area contributed by atoms with Gasteiger partial charge >= 0.3 is 36.4 Å². The first-order valence-electron chi connectivity index (χ1n) is 15.3. The molecule has 3 N–H and O–H groups in total. The molecular formula is C29H36F9N5O7. The van der Waals surface area contributed by atoms with Crippen molar-refractivity contribution in [3.63, 3.8) is 0 Å². The molecule has 6 rings (SSSR count). The number of hydrogen-bond donors (Lipinski definition) is 3. The van der Waals surface area contributed by atoms with Gasteiger partial charge in [0.2, 0.25) is 0 Å². The number of nitrogens with zero attached hydrogens (tertiary/aromatic N) is 5. The molecule has 0 amide bonds. The van der Waals surface area contributed by atoms with Gasteiger partial charge in [-0.1, -0.05) is 6.07 Å². The van der Waals surface area contributed by atoms with Crippen LogP contribution in [0.25, 0.3) is 5.65 Å². The second kappa shape index (κ2) is 16.9.